The number of para-hydroxylation sites is 1. The van der Waals surface area contributed by atoms with Crippen molar-refractivity contribution in [3.8, 4) is 0 Å². The molecule has 114 valence electrons. The minimum Gasteiger partial charge on any atom is -0.325 e. The van der Waals surface area contributed by atoms with Crippen LogP contribution in [0.4, 0.5) is 18.9 Å². The van der Waals surface area contributed by atoms with E-state index in [-0.39, 0.29) is 13.1 Å². The van der Waals surface area contributed by atoms with Crippen LogP contribution < -0.4 is 5.32 Å². The van der Waals surface area contributed by atoms with Crippen LogP contribution in [0.5, 0.6) is 0 Å². The Labute approximate surface area is 114 Å². The molecule has 1 aromatic rings. The zero-order valence-electron chi connectivity index (χ0n) is 9.69. The number of benzene rings is 1. The van der Waals surface area contributed by atoms with Gasteiger partial charge in [0, 0.05) is 0 Å². The molecular formula is C11H14F3NO4S. The zero-order valence-corrected chi connectivity index (χ0v) is 10.5. The molecular weight excluding hydrogens is 299 g/mol. The summed E-state index contributed by atoms with van der Waals surface area (Å²) in [6, 6.07) is 5.01. The predicted molar refractivity (Wildman–Crippen MR) is 66.7 cm³/mol. The monoisotopic (exact) mass is 313 g/mol. The molecule has 0 spiro atoms. The van der Waals surface area contributed by atoms with Gasteiger partial charge in [-0.25, -0.2) is 0 Å². The van der Waals surface area contributed by atoms with Crippen LogP contribution in [0.25, 0.3) is 0 Å². The zero-order chi connectivity index (χ0) is 14.7. The molecule has 1 aromatic carbocycles. The SMILES string of the molecule is C.COS(=O)(=O)c1ccccc1NC(=O)CC(F)(F)F. The van der Waals surface area contributed by atoms with E-state index in [9.17, 15) is 26.4 Å². The van der Waals surface area contributed by atoms with Crippen molar-refractivity contribution in [2.75, 3.05) is 12.4 Å². The van der Waals surface area contributed by atoms with Gasteiger partial charge in [-0.1, -0.05) is 19.6 Å². The summed E-state index contributed by atoms with van der Waals surface area (Å²) in [6.45, 7) is 0. The molecule has 0 heterocycles. The number of nitrogens with one attached hydrogen (secondary N) is 1. The number of hydrogen-bond acceptors (Lipinski definition) is 4. The minimum atomic E-state index is -4.67. The Balaban J connectivity index is 0.00000361. The summed E-state index contributed by atoms with van der Waals surface area (Å²) >= 11 is 0. The molecule has 9 heteroatoms. The van der Waals surface area contributed by atoms with Crippen LogP contribution in [0.2, 0.25) is 0 Å². The highest BCUT2D eigenvalue weighted by Gasteiger charge is 2.31. The van der Waals surface area contributed by atoms with Crippen LogP contribution >= 0.6 is 0 Å². The topological polar surface area (TPSA) is 72.5 Å². The summed E-state index contributed by atoms with van der Waals surface area (Å²) < 4.78 is 63.2. The summed E-state index contributed by atoms with van der Waals surface area (Å²) in [5.41, 5.74) is -0.265. The van der Waals surface area contributed by atoms with Gasteiger partial charge in [0.15, 0.2) is 0 Å². The van der Waals surface area contributed by atoms with E-state index in [0.29, 0.717) is 0 Å². The third kappa shape index (κ3) is 5.17. The van der Waals surface area contributed by atoms with Crippen LogP contribution in [-0.2, 0) is 19.1 Å². The maximum Gasteiger partial charge on any atom is 0.397 e. The maximum atomic E-state index is 12.0. The Bertz CT molecular complexity index is 569. The van der Waals surface area contributed by atoms with Crippen LogP contribution in [0.1, 0.15) is 13.8 Å². The van der Waals surface area contributed by atoms with Crippen molar-refractivity contribution in [2.45, 2.75) is 24.9 Å². The lowest BCUT2D eigenvalue weighted by Gasteiger charge is -2.11. The first-order valence-electron chi connectivity index (χ1n) is 4.92. The number of alkyl halides is 3. The summed E-state index contributed by atoms with van der Waals surface area (Å²) in [5, 5.41) is 1.89. The third-order valence-corrected chi connectivity index (χ3v) is 3.34. The average Bonchev–Trinajstić information content (AvgIpc) is 2.27. The second-order valence-corrected chi connectivity index (χ2v) is 5.14. The van der Waals surface area contributed by atoms with Crippen molar-refractivity contribution in [1.82, 2.24) is 0 Å². The number of amides is 1. The fraction of sp³-hybridized carbons (Fsp3) is 0.364. The van der Waals surface area contributed by atoms with E-state index in [1.54, 1.807) is 0 Å². The smallest absolute Gasteiger partial charge is 0.325 e. The molecule has 5 nitrogen and oxygen atoms in total. The van der Waals surface area contributed by atoms with Crippen LogP contribution in [0.3, 0.4) is 0 Å². The number of carbonyl (C=O) groups is 1. The van der Waals surface area contributed by atoms with Gasteiger partial charge in [0.2, 0.25) is 5.91 Å². The van der Waals surface area contributed by atoms with E-state index in [0.717, 1.165) is 13.2 Å². The lowest BCUT2D eigenvalue weighted by atomic mass is 10.3. The van der Waals surface area contributed by atoms with Gasteiger partial charge in [0.05, 0.1) is 12.8 Å². The van der Waals surface area contributed by atoms with Gasteiger partial charge in [0.1, 0.15) is 11.3 Å². The second kappa shape index (κ2) is 6.71. The minimum absolute atomic E-state index is 0. The number of carbonyl (C=O) groups excluding carboxylic acids is 1. The molecule has 0 aliphatic carbocycles. The third-order valence-electron chi connectivity index (χ3n) is 2.01. The molecule has 0 bridgehead atoms. The van der Waals surface area contributed by atoms with Gasteiger partial charge in [-0.2, -0.15) is 21.6 Å². The normalized spacial score (nSPS) is 11.6. The maximum absolute atomic E-state index is 12.0. The highest BCUT2D eigenvalue weighted by atomic mass is 32.2. The van der Waals surface area contributed by atoms with Crippen LogP contribution in [-0.4, -0.2) is 27.6 Å². The fourth-order valence-electron chi connectivity index (χ4n) is 1.25. The first kappa shape index (κ1) is 18.4. The molecule has 0 aliphatic heterocycles. The summed E-state index contributed by atoms with van der Waals surface area (Å²) in [5.74, 6) is -1.36. The van der Waals surface area contributed by atoms with Crippen molar-refractivity contribution in [3.05, 3.63) is 24.3 Å². The fourth-order valence-corrected chi connectivity index (χ4v) is 2.07. The second-order valence-electron chi connectivity index (χ2n) is 3.46. The lowest BCUT2D eigenvalue weighted by Crippen LogP contribution is -2.22. The van der Waals surface area contributed by atoms with Crippen molar-refractivity contribution >= 4 is 21.7 Å². The molecule has 0 radical (unpaired) electrons. The molecule has 1 rings (SSSR count). The molecule has 0 atom stereocenters. The van der Waals surface area contributed by atoms with Gasteiger partial charge < -0.3 is 5.32 Å². The van der Waals surface area contributed by atoms with E-state index in [4.69, 9.17) is 0 Å². The summed E-state index contributed by atoms with van der Waals surface area (Å²) in [4.78, 5) is 10.7. The van der Waals surface area contributed by atoms with Gasteiger partial charge in [-0.15, -0.1) is 0 Å². The number of rotatable bonds is 4. The van der Waals surface area contributed by atoms with Gasteiger partial charge >= 0.3 is 6.18 Å². The summed E-state index contributed by atoms with van der Waals surface area (Å²) in [6.07, 6.45) is -6.37. The number of anilines is 1. The highest BCUT2D eigenvalue weighted by Crippen LogP contribution is 2.24. The van der Waals surface area contributed by atoms with Crippen molar-refractivity contribution in [1.29, 1.82) is 0 Å². The summed E-state index contributed by atoms with van der Waals surface area (Å²) in [7, 11) is -3.21. The van der Waals surface area contributed by atoms with E-state index >= 15 is 0 Å². The lowest BCUT2D eigenvalue weighted by molar-refractivity contribution is -0.150. The van der Waals surface area contributed by atoms with E-state index in [1.165, 1.54) is 18.2 Å². The predicted octanol–water partition coefficient (Wildman–Crippen LogP) is 2.55. The molecule has 0 unspecified atom stereocenters. The Morgan fingerprint density at radius 3 is 2.35 bits per heavy atom. The van der Waals surface area contributed by atoms with Crippen molar-refractivity contribution in [3.63, 3.8) is 0 Å². The largest absolute Gasteiger partial charge is 0.397 e. The molecule has 0 aliphatic rings. The van der Waals surface area contributed by atoms with Gasteiger partial charge in [-0.3, -0.25) is 8.98 Å². The standard InChI is InChI=1S/C10H10F3NO4S.CH4/c1-18-19(16,17)8-5-3-2-4-7(8)14-9(15)6-10(11,12)13;/h2-5H,6H2,1H3,(H,14,15);1H4. The highest BCUT2D eigenvalue weighted by molar-refractivity contribution is 7.87. The van der Waals surface area contributed by atoms with Crippen molar-refractivity contribution < 1.29 is 30.6 Å². The number of hydrogen-bond donors (Lipinski definition) is 1. The molecule has 0 saturated heterocycles. The van der Waals surface area contributed by atoms with Gasteiger partial charge in [-0.05, 0) is 12.1 Å². The Kier molecular flexibility index (Phi) is 6.17. The molecule has 20 heavy (non-hydrogen) atoms. The number of halogens is 3. The average molecular weight is 313 g/mol. The van der Waals surface area contributed by atoms with Gasteiger partial charge in [0.25, 0.3) is 10.1 Å². The molecule has 1 N–H and O–H groups in total. The Morgan fingerprint density at radius 1 is 1.30 bits per heavy atom. The molecule has 0 aromatic heterocycles. The van der Waals surface area contributed by atoms with E-state index in [2.05, 4.69) is 4.18 Å². The van der Waals surface area contributed by atoms with Crippen molar-refractivity contribution in [2.24, 2.45) is 0 Å². The Hall–Kier alpha value is -1.61. The first-order chi connectivity index (χ1) is 8.65. The van der Waals surface area contributed by atoms with E-state index < -0.39 is 33.5 Å². The van der Waals surface area contributed by atoms with Crippen LogP contribution in [0, 0.1) is 0 Å². The molecule has 1 amide bonds. The molecule has 0 saturated carbocycles. The van der Waals surface area contributed by atoms with Crippen LogP contribution in [0.15, 0.2) is 29.2 Å². The quantitative estimate of drug-likeness (QED) is 0.867. The van der Waals surface area contributed by atoms with E-state index in [1.807, 2.05) is 5.32 Å². The molecule has 0 fully saturated rings. The first-order valence-corrected chi connectivity index (χ1v) is 6.33. The Morgan fingerprint density at radius 2 is 1.85 bits per heavy atom.